The Morgan fingerprint density at radius 1 is 1.00 bits per heavy atom. The molecule has 2 aromatic carbocycles. The van der Waals surface area contributed by atoms with E-state index in [-0.39, 0.29) is 12.5 Å². The summed E-state index contributed by atoms with van der Waals surface area (Å²) >= 11 is 1.39. The van der Waals surface area contributed by atoms with E-state index >= 15 is 0 Å². The van der Waals surface area contributed by atoms with Crippen LogP contribution in [-0.4, -0.2) is 30.8 Å². The van der Waals surface area contributed by atoms with Gasteiger partial charge >= 0.3 is 0 Å². The number of para-hydroxylation sites is 1. The van der Waals surface area contributed by atoms with E-state index in [0.29, 0.717) is 17.4 Å². The van der Waals surface area contributed by atoms with Crippen molar-refractivity contribution in [3.63, 3.8) is 0 Å². The summed E-state index contributed by atoms with van der Waals surface area (Å²) in [6.07, 6.45) is 3.62. The Labute approximate surface area is 181 Å². The zero-order valence-corrected chi connectivity index (χ0v) is 17.0. The van der Waals surface area contributed by atoms with Crippen LogP contribution in [0.1, 0.15) is 16.4 Å². The minimum absolute atomic E-state index is 0.122. The number of amides is 1. The summed E-state index contributed by atoms with van der Waals surface area (Å²) in [5, 5.41) is 13.5. The minimum Gasteiger partial charge on any atom is -0.342 e. The molecule has 1 amide bonds. The highest BCUT2D eigenvalue weighted by atomic mass is 32.1. The maximum atomic E-state index is 12.5. The molecule has 0 unspecified atom stereocenters. The third-order valence-electron chi connectivity index (χ3n) is 4.49. The molecule has 0 atom stereocenters. The summed E-state index contributed by atoms with van der Waals surface area (Å²) in [7, 11) is 0. The third kappa shape index (κ3) is 4.12. The van der Waals surface area contributed by atoms with Gasteiger partial charge in [-0.25, -0.2) is 9.67 Å². The lowest BCUT2D eigenvalue weighted by atomic mass is 10.2. The predicted molar refractivity (Wildman–Crippen MR) is 116 cm³/mol. The van der Waals surface area contributed by atoms with Gasteiger partial charge < -0.3 is 9.84 Å². The van der Waals surface area contributed by atoms with E-state index in [4.69, 9.17) is 4.52 Å². The number of nitrogens with one attached hydrogen (secondary N) is 1. The molecule has 3 aromatic heterocycles. The van der Waals surface area contributed by atoms with Crippen molar-refractivity contribution in [3.05, 3.63) is 90.0 Å². The Bertz CT molecular complexity index is 1310. The molecular weight excluding hydrogens is 412 g/mol. The number of rotatable bonds is 6. The van der Waals surface area contributed by atoms with Gasteiger partial charge in [0, 0.05) is 22.7 Å². The van der Waals surface area contributed by atoms with Gasteiger partial charge in [0.25, 0.3) is 5.91 Å². The van der Waals surface area contributed by atoms with E-state index in [1.54, 1.807) is 16.3 Å². The molecule has 0 spiro atoms. The van der Waals surface area contributed by atoms with Gasteiger partial charge in [-0.3, -0.25) is 4.79 Å². The Kier molecular flexibility index (Phi) is 5.07. The van der Waals surface area contributed by atoms with Gasteiger partial charge in [-0.2, -0.15) is 10.1 Å². The molecule has 0 radical (unpaired) electrons. The molecular formula is C22H16N6O2S. The molecule has 0 bridgehead atoms. The first-order valence-electron chi connectivity index (χ1n) is 9.48. The van der Waals surface area contributed by atoms with E-state index in [1.165, 1.54) is 11.3 Å². The fourth-order valence-corrected chi connectivity index (χ4v) is 3.72. The van der Waals surface area contributed by atoms with Gasteiger partial charge in [0.15, 0.2) is 0 Å². The normalized spacial score (nSPS) is 10.8. The first-order valence-corrected chi connectivity index (χ1v) is 10.4. The maximum Gasteiger partial charge on any atom is 0.271 e. The number of thiazole rings is 1. The molecule has 0 aliphatic heterocycles. The molecule has 31 heavy (non-hydrogen) atoms. The lowest BCUT2D eigenvalue weighted by Gasteiger charge is -1.99. The monoisotopic (exact) mass is 428 g/mol. The molecule has 0 fully saturated rings. The van der Waals surface area contributed by atoms with Crippen molar-refractivity contribution in [1.29, 1.82) is 0 Å². The van der Waals surface area contributed by atoms with Crippen LogP contribution in [0, 0.1) is 0 Å². The van der Waals surface area contributed by atoms with Gasteiger partial charge in [-0.1, -0.05) is 53.7 Å². The largest absolute Gasteiger partial charge is 0.342 e. The number of benzene rings is 2. The lowest BCUT2D eigenvalue weighted by Crippen LogP contribution is -2.23. The zero-order chi connectivity index (χ0) is 21.0. The van der Waals surface area contributed by atoms with Crippen molar-refractivity contribution in [2.24, 2.45) is 0 Å². The van der Waals surface area contributed by atoms with Crippen LogP contribution in [0.25, 0.3) is 27.6 Å². The van der Waals surface area contributed by atoms with Crippen LogP contribution in [0.2, 0.25) is 0 Å². The SMILES string of the molecule is O=C(NCc1nc(-c2ccccc2)no1)c1csc(-c2cnn(-c3ccccc3)c2)n1. The van der Waals surface area contributed by atoms with Crippen LogP contribution in [-0.2, 0) is 6.54 Å². The van der Waals surface area contributed by atoms with E-state index in [9.17, 15) is 4.79 Å². The Balaban J connectivity index is 1.24. The summed E-state index contributed by atoms with van der Waals surface area (Å²) in [4.78, 5) is 21.2. The number of carbonyl (C=O) groups excluding carboxylic acids is 1. The quantitative estimate of drug-likeness (QED) is 0.439. The van der Waals surface area contributed by atoms with Gasteiger partial charge in [-0.05, 0) is 12.1 Å². The second-order valence-corrected chi connectivity index (χ2v) is 7.47. The average molecular weight is 428 g/mol. The second kappa shape index (κ2) is 8.33. The maximum absolute atomic E-state index is 12.5. The summed E-state index contributed by atoms with van der Waals surface area (Å²) in [5.74, 6) is 0.500. The molecule has 5 aromatic rings. The standard InChI is InChI=1S/C22H16N6O2S/c29-21(23-12-19-26-20(27-30-19)15-7-3-1-4-8-15)18-14-31-22(25-18)16-11-24-28(13-16)17-9-5-2-6-10-17/h1-11,13-14H,12H2,(H,23,29). The zero-order valence-electron chi connectivity index (χ0n) is 16.2. The molecule has 152 valence electrons. The Hall–Kier alpha value is -4.11. The Morgan fingerprint density at radius 3 is 2.58 bits per heavy atom. The number of hydrogen-bond donors (Lipinski definition) is 1. The third-order valence-corrected chi connectivity index (χ3v) is 5.38. The summed E-state index contributed by atoms with van der Waals surface area (Å²) in [6.45, 7) is 0.122. The van der Waals surface area contributed by atoms with Gasteiger partial charge in [0.2, 0.25) is 11.7 Å². The van der Waals surface area contributed by atoms with Crippen molar-refractivity contribution < 1.29 is 9.32 Å². The summed E-state index contributed by atoms with van der Waals surface area (Å²) in [6, 6.07) is 19.3. The van der Waals surface area contributed by atoms with Crippen LogP contribution >= 0.6 is 11.3 Å². The van der Waals surface area contributed by atoms with Gasteiger partial charge in [0.05, 0.1) is 18.4 Å². The van der Waals surface area contributed by atoms with E-state index in [1.807, 2.05) is 66.9 Å². The van der Waals surface area contributed by atoms with E-state index in [0.717, 1.165) is 21.8 Å². The van der Waals surface area contributed by atoms with Crippen LogP contribution in [0.15, 0.2) is 83.0 Å². The highest BCUT2D eigenvalue weighted by molar-refractivity contribution is 7.13. The smallest absolute Gasteiger partial charge is 0.271 e. The molecule has 5 rings (SSSR count). The highest BCUT2D eigenvalue weighted by Crippen LogP contribution is 2.24. The fraction of sp³-hybridized carbons (Fsp3) is 0.0455. The number of carbonyl (C=O) groups is 1. The highest BCUT2D eigenvalue weighted by Gasteiger charge is 2.15. The Morgan fingerprint density at radius 2 is 1.77 bits per heavy atom. The molecule has 3 heterocycles. The number of nitrogens with zero attached hydrogens (tertiary/aromatic N) is 5. The molecule has 1 N–H and O–H groups in total. The summed E-state index contributed by atoms with van der Waals surface area (Å²) in [5.41, 5.74) is 2.98. The number of hydrogen-bond acceptors (Lipinski definition) is 7. The summed E-state index contributed by atoms with van der Waals surface area (Å²) < 4.78 is 6.99. The van der Waals surface area contributed by atoms with Crippen molar-refractivity contribution in [2.45, 2.75) is 6.54 Å². The molecule has 0 aliphatic carbocycles. The van der Waals surface area contributed by atoms with Gasteiger partial charge in [0.1, 0.15) is 10.7 Å². The van der Waals surface area contributed by atoms with E-state index < -0.39 is 0 Å². The van der Waals surface area contributed by atoms with Crippen molar-refractivity contribution in [3.8, 4) is 27.6 Å². The van der Waals surface area contributed by atoms with Crippen LogP contribution in [0.3, 0.4) is 0 Å². The first kappa shape index (κ1) is 18.9. The van der Waals surface area contributed by atoms with Crippen LogP contribution < -0.4 is 5.32 Å². The molecule has 9 heteroatoms. The topological polar surface area (TPSA) is 98.7 Å². The number of aromatic nitrogens is 5. The predicted octanol–water partition coefficient (Wildman–Crippen LogP) is 3.98. The van der Waals surface area contributed by atoms with Crippen molar-refractivity contribution in [1.82, 2.24) is 30.2 Å². The average Bonchev–Trinajstić information content (AvgIpc) is 3.59. The minimum atomic E-state index is -0.308. The molecule has 8 nitrogen and oxygen atoms in total. The molecule has 0 saturated carbocycles. The van der Waals surface area contributed by atoms with Crippen molar-refractivity contribution in [2.75, 3.05) is 0 Å². The fourth-order valence-electron chi connectivity index (χ4n) is 2.94. The lowest BCUT2D eigenvalue weighted by molar-refractivity contribution is 0.0942. The van der Waals surface area contributed by atoms with Crippen LogP contribution in [0.4, 0.5) is 0 Å². The van der Waals surface area contributed by atoms with E-state index in [2.05, 4.69) is 25.5 Å². The first-order chi connectivity index (χ1) is 15.3. The second-order valence-electron chi connectivity index (χ2n) is 6.61. The van der Waals surface area contributed by atoms with Gasteiger partial charge in [-0.15, -0.1) is 11.3 Å². The molecule has 0 aliphatic rings. The van der Waals surface area contributed by atoms with Crippen LogP contribution in [0.5, 0.6) is 0 Å². The molecule has 0 saturated heterocycles. The van der Waals surface area contributed by atoms with Crippen molar-refractivity contribution >= 4 is 17.2 Å².